The third-order valence-electron chi connectivity index (χ3n) is 3.16. The molecule has 0 saturated carbocycles. The fourth-order valence-electron chi connectivity index (χ4n) is 1.97. The Hall–Kier alpha value is -0.320. The zero-order valence-electron chi connectivity index (χ0n) is 8.92. The fourth-order valence-corrected chi connectivity index (χ4v) is 1.97. The van der Waals surface area contributed by atoms with Crippen LogP contribution in [-0.4, -0.2) is 38.1 Å². The normalized spacial score (nSPS) is 26.3. The van der Waals surface area contributed by atoms with Gasteiger partial charge >= 0.3 is 0 Å². The minimum atomic E-state index is 0. The largest absolute Gasteiger partial charge is 0.354 e. The number of carbonyl (C=O) groups is 1. The quantitative estimate of drug-likeness (QED) is 0.638. The minimum absolute atomic E-state index is 0. The van der Waals surface area contributed by atoms with Crippen LogP contribution in [0.1, 0.15) is 19.3 Å². The molecule has 2 aliphatic rings. The van der Waals surface area contributed by atoms with Crippen LogP contribution in [-0.2, 0) is 4.79 Å². The van der Waals surface area contributed by atoms with Crippen LogP contribution in [0.4, 0.5) is 0 Å². The molecule has 0 aliphatic carbocycles. The lowest BCUT2D eigenvalue weighted by molar-refractivity contribution is -0.124. The third-order valence-corrected chi connectivity index (χ3v) is 3.16. The molecule has 3 N–H and O–H groups in total. The standard InChI is InChI=1S/C10H19N3O.ClH/c14-10(9-3-6-12-9)13-7-8-1-4-11-5-2-8;/h8-9,11-12H,1-7H2,(H,13,14);1H/t9-;/m1./s1. The Morgan fingerprint density at radius 2 is 1.87 bits per heavy atom. The number of amides is 1. The molecular formula is C10H20ClN3O. The monoisotopic (exact) mass is 233 g/mol. The van der Waals surface area contributed by atoms with Gasteiger partial charge < -0.3 is 16.0 Å². The third kappa shape index (κ3) is 3.63. The van der Waals surface area contributed by atoms with Gasteiger partial charge in [0.1, 0.15) is 0 Å². The topological polar surface area (TPSA) is 53.2 Å². The van der Waals surface area contributed by atoms with Crippen molar-refractivity contribution in [2.24, 2.45) is 5.92 Å². The summed E-state index contributed by atoms with van der Waals surface area (Å²) in [7, 11) is 0. The van der Waals surface area contributed by atoms with Crippen LogP contribution in [0.5, 0.6) is 0 Å². The molecule has 88 valence electrons. The van der Waals surface area contributed by atoms with Gasteiger partial charge in [-0.2, -0.15) is 0 Å². The molecule has 1 amide bonds. The Bertz CT molecular complexity index is 203. The number of rotatable bonds is 3. The molecule has 2 saturated heterocycles. The number of halogens is 1. The zero-order valence-corrected chi connectivity index (χ0v) is 9.74. The summed E-state index contributed by atoms with van der Waals surface area (Å²) < 4.78 is 0. The van der Waals surface area contributed by atoms with Crippen LogP contribution in [0.25, 0.3) is 0 Å². The smallest absolute Gasteiger partial charge is 0.237 e. The summed E-state index contributed by atoms with van der Waals surface area (Å²) in [4.78, 5) is 11.5. The van der Waals surface area contributed by atoms with E-state index < -0.39 is 0 Å². The number of hydrogen-bond donors (Lipinski definition) is 3. The maximum Gasteiger partial charge on any atom is 0.237 e. The van der Waals surface area contributed by atoms with Crippen LogP contribution in [0.2, 0.25) is 0 Å². The first-order chi connectivity index (χ1) is 6.86. The van der Waals surface area contributed by atoms with Crippen LogP contribution < -0.4 is 16.0 Å². The first-order valence-corrected chi connectivity index (χ1v) is 5.58. The second-order valence-corrected chi connectivity index (χ2v) is 4.23. The van der Waals surface area contributed by atoms with E-state index in [1.54, 1.807) is 0 Å². The van der Waals surface area contributed by atoms with Gasteiger partial charge in [-0.05, 0) is 44.8 Å². The van der Waals surface area contributed by atoms with E-state index in [0.29, 0.717) is 5.92 Å². The Morgan fingerprint density at radius 3 is 2.40 bits per heavy atom. The minimum Gasteiger partial charge on any atom is -0.354 e. The molecule has 0 radical (unpaired) electrons. The summed E-state index contributed by atoms with van der Waals surface area (Å²) in [5, 5.41) is 9.46. The van der Waals surface area contributed by atoms with Crippen LogP contribution in [0.3, 0.4) is 0 Å². The lowest BCUT2D eigenvalue weighted by atomic mass is 9.98. The summed E-state index contributed by atoms with van der Waals surface area (Å²) in [6.07, 6.45) is 3.38. The number of carbonyl (C=O) groups excluding carboxylic acids is 1. The van der Waals surface area contributed by atoms with Gasteiger partial charge in [-0.1, -0.05) is 0 Å². The molecule has 0 spiro atoms. The van der Waals surface area contributed by atoms with E-state index in [1.807, 2.05) is 0 Å². The molecule has 0 bridgehead atoms. The number of hydrogen-bond acceptors (Lipinski definition) is 3. The second-order valence-electron chi connectivity index (χ2n) is 4.23. The second kappa shape index (κ2) is 6.30. The molecular weight excluding hydrogens is 214 g/mol. The summed E-state index contributed by atoms with van der Waals surface area (Å²) in [6, 6.07) is 0.0942. The lowest BCUT2D eigenvalue weighted by Crippen LogP contribution is -2.54. The van der Waals surface area contributed by atoms with Gasteiger partial charge in [0.05, 0.1) is 6.04 Å². The van der Waals surface area contributed by atoms with Crippen molar-refractivity contribution in [3.8, 4) is 0 Å². The van der Waals surface area contributed by atoms with Crippen LogP contribution >= 0.6 is 12.4 Å². The number of nitrogens with one attached hydrogen (secondary N) is 3. The Labute approximate surface area is 97.0 Å². The number of piperidine rings is 1. The molecule has 0 aromatic carbocycles. The molecule has 5 heteroatoms. The fraction of sp³-hybridized carbons (Fsp3) is 0.900. The van der Waals surface area contributed by atoms with E-state index in [-0.39, 0.29) is 24.4 Å². The van der Waals surface area contributed by atoms with Gasteiger partial charge in [0, 0.05) is 6.54 Å². The van der Waals surface area contributed by atoms with Gasteiger partial charge in [0.2, 0.25) is 5.91 Å². The first-order valence-electron chi connectivity index (χ1n) is 5.58. The average Bonchev–Trinajstić information content (AvgIpc) is 2.14. The van der Waals surface area contributed by atoms with E-state index in [9.17, 15) is 4.79 Å². The highest BCUT2D eigenvalue weighted by Gasteiger charge is 2.24. The summed E-state index contributed by atoms with van der Waals surface area (Å²) in [5.41, 5.74) is 0. The van der Waals surface area contributed by atoms with Gasteiger partial charge in [0.15, 0.2) is 0 Å². The predicted octanol–water partition coefficient (Wildman–Crippen LogP) is -0.114. The van der Waals surface area contributed by atoms with Crippen molar-refractivity contribution in [2.45, 2.75) is 25.3 Å². The van der Waals surface area contributed by atoms with Gasteiger partial charge in [-0.25, -0.2) is 0 Å². The summed E-state index contributed by atoms with van der Waals surface area (Å²) >= 11 is 0. The van der Waals surface area contributed by atoms with Crippen molar-refractivity contribution in [1.82, 2.24) is 16.0 Å². The molecule has 15 heavy (non-hydrogen) atoms. The molecule has 1 atom stereocenters. The van der Waals surface area contributed by atoms with Crippen molar-refractivity contribution >= 4 is 18.3 Å². The van der Waals surface area contributed by atoms with Crippen LogP contribution in [0.15, 0.2) is 0 Å². The van der Waals surface area contributed by atoms with E-state index in [1.165, 1.54) is 12.8 Å². The van der Waals surface area contributed by atoms with Crippen molar-refractivity contribution in [3.05, 3.63) is 0 Å². The van der Waals surface area contributed by atoms with E-state index >= 15 is 0 Å². The van der Waals surface area contributed by atoms with E-state index in [0.717, 1.165) is 32.6 Å². The molecule has 2 rings (SSSR count). The summed E-state index contributed by atoms with van der Waals surface area (Å²) in [6.45, 7) is 4.05. The molecule has 0 aromatic rings. The van der Waals surface area contributed by atoms with Gasteiger partial charge in [0.25, 0.3) is 0 Å². The Kier molecular flexibility index (Phi) is 5.36. The molecule has 0 aromatic heterocycles. The van der Waals surface area contributed by atoms with E-state index in [4.69, 9.17) is 0 Å². The highest BCUT2D eigenvalue weighted by Crippen LogP contribution is 2.10. The Morgan fingerprint density at radius 1 is 1.20 bits per heavy atom. The lowest BCUT2D eigenvalue weighted by Gasteiger charge is -2.28. The molecule has 2 aliphatic heterocycles. The van der Waals surface area contributed by atoms with Crippen molar-refractivity contribution in [3.63, 3.8) is 0 Å². The molecule has 2 heterocycles. The molecule has 2 fully saturated rings. The Balaban J connectivity index is 0.00000112. The van der Waals surface area contributed by atoms with Gasteiger partial charge in [-0.15, -0.1) is 12.4 Å². The SMILES string of the molecule is Cl.O=C(NCC1CCNCC1)[C@H]1CCN1. The molecule has 4 nitrogen and oxygen atoms in total. The van der Waals surface area contributed by atoms with Crippen molar-refractivity contribution in [2.75, 3.05) is 26.2 Å². The highest BCUT2D eigenvalue weighted by atomic mass is 35.5. The van der Waals surface area contributed by atoms with Gasteiger partial charge in [-0.3, -0.25) is 4.79 Å². The maximum atomic E-state index is 11.5. The molecule has 0 unspecified atom stereocenters. The van der Waals surface area contributed by atoms with E-state index in [2.05, 4.69) is 16.0 Å². The average molecular weight is 234 g/mol. The van der Waals surface area contributed by atoms with Crippen molar-refractivity contribution < 1.29 is 4.79 Å². The highest BCUT2D eigenvalue weighted by molar-refractivity contribution is 5.85. The predicted molar refractivity (Wildman–Crippen MR) is 62.3 cm³/mol. The summed E-state index contributed by atoms with van der Waals surface area (Å²) in [5.74, 6) is 0.870. The first kappa shape index (κ1) is 12.7. The van der Waals surface area contributed by atoms with Crippen LogP contribution in [0, 0.1) is 5.92 Å². The van der Waals surface area contributed by atoms with Crippen molar-refractivity contribution in [1.29, 1.82) is 0 Å². The maximum absolute atomic E-state index is 11.5. The zero-order chi connectivity index (χ0) is 9.80.